The Hall–Kier alpha value is -1.57. The van der Waals surface area contributed by atoms with Crippen molar-refractivity contribution in [3.05, 3.63) is 46.7 Å². The third-order valence-electron chi connectivity index (χ3n) is 2.79. The predicted octanol–water partition coefficient (Wildman–Crippen LogP) is 2.61. The van der Waals surface area contributed by atoms with Crippen molar-refractivity contribution < 1.29 is 8.42 Å². The second-order valence-corrected chi connectivity index (χ2v) is 7.53. The number of benzene rings is 1. The lowest BCUT2D eigenvalue weighted by Gasteiger charge is -2.06. The molecule has 5 nitrogen and oxygen atoms in total. The van der Waals surface area contributed by atoms with Crippen molar-refractivity contribution in [1.82, 2.24) is 9.38 Å². The van der Waals surface area contributed by atoms with Crippen LogP contribution in [0.5, 0.6) is 0 Å². The van der Waals surface area contributed by atoms with E-state index in [2.05, 4.69) is 4.98 Å². The van der Waals surface area contributed by atoms with Gasteiger partial charge in [-0.3, -0.25) is 4.40 Å². The monoisotopic (exact) mass is 327 g/mol. The van der Waals surface area contributed by atoms with Crippen LogP contribution in [0.2, 0.25) is 5.02 Å². The average Bonchev–Trinajstić information content (AvgIpc) is 2.92. The molecular weight excluding hydrogens is 318 g/mol. The zero-order valence-corrected chi connectivity index (χ0v) is 12.5. The number of hydrogen-bond acceptors (Lipinski definition) is 5. The first kappa shape index (κ1) is 13.4. The summed E-state index contributed by atoms with van der Waals surface area (Å²) < 4.78 is 26.6. The highest BCUT2D eigenvalue weighted by Crippen LogP contribution is 2.26. The number of aromatic nitrogens is 2. The molecule has 104 valence electrons. The molecule has 20 heavy (non-hydrogen) atoms. The van der Waals surface area contributed by atoms with Crippen LogP contribution in [0.1, 0.15) is 5.69 Å². The number of rotatable bonds is 3. The number of nitrogens with zero attached hydrogens (tertiary/aromatic N) is 2. The SMILES string of the molecule is Nc1ccc(Cl)cc1S(=O)(=O)Cc1cn2ccsc2n1. The minimum Gasteiger partial charge on any atom is -0.398 e. The summed E-state index contributed by atoms with van der Waals surface area (Å²) in [6.45, 7) is 0. The van der Waals surface area contributed by atoms with Gasteiger partial charge in [0, 0.05) is 22.8 Å². The first-order chi connectivity index (χ1) is 9.45. The van der Waals surface area contributed by atoms with Crippen molar-refractivity contribution in [1.29, 1.82) is 0 Å². The van der Waals surface area contributed by atoms with E-state index >= 15 is 0 Å². The molecule has 0 saturated heterocycles. The summed E-state index contributed by atoms with van der Waals surface area (Å²) in [5, 5.41) is 2.22. The molecule has 0 aliphatic heterocycles. The molecule has 0 radical (unpaired) electrons. The molecule has 3 rings (SSSR count). The van der Waals surface area contributed by atoms with Gasteiger partial charge in [0.25, 0.3) is 0 Å². The highest BCUT2D eigenvalue weighted by Gasteiger charge is 2.20. The third-order valence-corrected chi connectivity index (χ3v) is 5.50. The maximum absolute atomic E-state index is 12.4. The molecule has 0 bridgehead atoms. The van der Waals surface area contributed by atoms with Crippen LogP contribution >= 0.6 is 22.9 Å². The second-order valence-electron chi connectivity index (χ2n) is 4.27. The summed E-state index contributed by atoms with van der Waals surface area (Å²) in [6, 6.07) is 4.41. The number of nitrogens with two attached hydrogens (primary N) is 1. The lowest BCUT2D eigenvalue weighted by Crippen LogP contribution is -2.08. The summed E-state index contributed by atoms with van der Waals surface area (Å²) in [7, 11) is -3.57. The van der Waals surface area contributed by atoms with Crippen LogP contribution in [-0.4, -0.2) is 17.8 Å². The van der Waals surface area contributed by atoms with Gasteiger partial charge in [0.05, 0.1) is 22.0 Å². The lowest BCUT2D eigenvalue weighted by molar-refractivity contribution is 0.595. The van der Waals surface area contributed by atoms with Crippen LogP contribution in [-0.2, 0) is 15.6 Å². The molecule has 0 fully saturated rings. The summed E-state index contributed by atoms with van der Waals surface area (Å²) in [6.07, 6.45) is 3.53. The molecule has 3 aromatic rings. The maximum atomic E-state index is 12.4. The Balaban J connectivity index is 1.99. The molecule has 0 amide bonds. The van der Waals surface area contributed by atoms with Crippen molar-refractivity contribution in [2.75, 3.05) is 5.73 Å². The van der Waals surface area contributed by atoms with Crippen molar-refractivity contribution in [2.24, 2.45) is 0 Å². The largest absolute Gasteiger partial charge is 0.398 e. The molecular formula is C12H10ClN3O2S2. The van der Waals surface area contributed by atoms with Crippen LogP contribution in [0.4, 0.5) is 5.69 Å². The Morgan fingerprint density at radius 3 is 2.95 bits per heavy atom. The fourth-order valence-electron chi connectivity index (χ4n) is 1.90. The lowest BCUT2D eigenvalue weighted by atomic mass is 10.3. The van der Waals surface area contributed by atoms with Crippen LogP contribution in [0.25, 0.3) is 4.96 Å². The van der Waals surface area contributed by atoms with Gasteiger partial charge in [-0.2, -0.15) is 0 Å². The van der Waals surface area contributed by atoms with E-state index in [9.17, 15) is 8.42 Å². The van der Waals surface area contributed by atoms with Crippen molar-refractivity contribution in [2.45, 2.75) is 10.6 Å². The number of thiazole rings is 1. The van der Waals surface area contributed by atoms with Gasteiger partial charge in [-0.1, -0.05) is 11.6 Å². The topological polar surface area (TPSA) is 77.5 Å². The van der Waals surface area contributed by atoms with Gasteiger partial charge in [-0.05, 0) is 18.2 Å². The highest BCUT2D eigenvalue weighted by molar-refractivity contribution is 7.90. The molecule has 0 aliphatic carbocycles. The smallest absolute Gasteiger partial charge is 0.193 e. The highest BCUT2D eigenvalue weighted by atomic mass is 35.5. The molecule has 0 atom stereocenters. The van der Waals surface area contributed by atoms with E-state index in [1.807, 2.05) is 11.6 Å². The van der Waals surface area contributed by atoms with Gasteiger partial charge >= 0.3 is 0 Å². The van der Waals surface area contributed by atoms with Crippen molar-refractivity contribution in [3.63, 3.8) is 0 Å². The van der Waals surface area contributed by atoms with E-state index in [0.717, 1.165) is 4.96 Å². The first-order valence-electron chi connectivity index (χ1n) is 5.64. The molecule has 2 N–H and O–H groups in total. The number of nitrogen functional groups attached to an aromatic ring is 1. The number of fused-ring (bicyclic) bond motifs is 1. The Bertz CT molecular complexity index is 855. The number of anilines is 1. The normalized spacial score (nSPS) is 12.1. The molecule has 1 aromatic carbocycles. The molecule has 2 aromatic heterocycles. The Labute approximate surface area is 124 Å². The van der Waals surface area contributed by atoms with Crippen LogP contribution in [0.15, 0.2) is 40.9 Å². The van der Waals surface area contributed by atoms with E-state index in [0.29, 0.717) is 10.7 Å². The summed E-state index contributed by atoms with van der Waals surface area (Å²) in [4.78, 5) is 5.07. The van der Waals surface area contributed by atoms with Crippen LogP contribution < -0.4 is 5.73 Å². The van der Waals surface area contributed by atoms with Crippen LogP contribution in [0, 0.1) is 0 Å². The molecule has 0 saturated carbocycles. The maximum Gasteiger partial charge on any atom is 0.193 e. The van der Waals surface area contributed by atoms with Gasteiger partial charge in [-0.25, -0.2) is 13.4 Å². The Kier molecular flexibility index (Phi) is 3.19. The van der Waals surface area contributed by atoms with E-state index < -0.39 is 9.84 Å². The van der Waals surface area contributed by atoms with E-state index in [4.69, 9.17) is 17.3 Å². The van der Waals surface area contributed by atoms with Gasteiger partial charge in [0.15, 0.2) is 14.8 Å². The number of hydrogen-bond donors (Lipinski definition) is 1. The number of sulfone groups is 1. The van der Waals surface area contributed by atoms with Gasteiger partial charge in [0.1, 0.15) is 0 Å². The number of imidazole rings is 1. The Morgan fingerprint density at radius 2 is 2.20 bits per heavy atom. The summed E-state index contributed by atoms with van der Waals surface area (Å²) in [5.74, 6) is -0.202. The van der Waals surface area contributed by atoms with E-state index in [1.54, 1.807) is 16.7 Å². The van der Waals surface area contributed by atoms with Crippen LogP contribution in [0.3, 0.4) is 0 Å². The van der Waals surface area contributed by atoms with Crippen molar-refractivity contribution >= 4 is 43.4 Å². The van der Waals surface area contributed by atoms with Gasteiger partial charge < -0.3 is 5.73 Å². The quantitative estimate of drug-likeness (QED) is 0.750. The fourth-order valence-corrected chi connectivity index (χ4v) is 4.27. The predicted molar refractivity (Wildman–Crippen MR) is 79.8 cm³/mol. The summed E-state index contributed by atoms with van der Waals surface area (Å²) >= 11 is 7.28. The minimum atomic E-state index is -3.57. The molecule has 0 unspecified atom stereocenters. The fraction of sp³-hybridized carbons (Fsp3) is 0.0833. The molecule has 8 heteroatoms. The summed E-state index contributed by atoms with van der Waals surface area (Å²) in [5.41, 5.74) is 6.40. The molecule has 2 heterocycles. The first-order valence-corrected chi connectivity index (χ1v) is 8.55. The zero-order chi connectivity index (χ0) is 14.3. The molecule has 0 aliphatic rings. The van der Waals surface area contributed by atoms with Gasteiger partial charge in [0.2, 0.25) is 0 Å². The van der Waals surface area contributed by atoms with E-state index in [1.165, 1.54) is 23.5 Å². The molecule has 0 spiro atoms. The van der Waals surface area contributed by atoms with Crippen molar-refractivity contribution in [3.8, 4) is 0 Å². The number of halogens is 1. The standard InChI is InChI=1S/C12H10ClN3O2S2/c13-8-1-2-10(14)11(5-8)20(17,18)7-9-6-16-3-4-19-12(16)15-9/h1-6H,7,14H2. The zero-order valence-electron chi connectivity index (χ0n) is 10.2. The Morgan fingerprint density at radius 1 is 1.40 bits per heavy atom. The van der Waals surface area contributed by atoms with Gasteiger partial charge in [-0.15, -0.1) is 11.3 Å². The second kappa shape index (κ2) is 4.76. The minimum absolute atomic E-state index is 0.0429. The van der Waals surface area contributed by atoms with E-state index in [-0.39, 0.29) is 16.3 Å². The third kappa shape index (κ3) is 2.39. The average molecular weight is 328 g/mol.